The third kappa shape index (κ3) is 5.33. The SMILES string of the molecule is CCOC(=O)C1=C(C)N=c2s/c(=C\c3ccc(-c4ccc(Cl)cc4Cl)o3)c(=O)n2[C@@H]1c1ccc(-c2ccc(Br)cc2)o1. The molecule has 2 aromatic carbocycles. The van der Waals surface area contributed by atoms with E-state index in [1.54, 1.807) is 56.3 Å². The number of hydrogen-bond acceptors (Lipinski definition) is 7. The number of furan rings is 2. The average Bonchev–Trinajstić information content (AvgIpc) is 3.69. The number of hydrogen-bond donors (Lipinski definition) is 0. The lowest BCUT2D eigenvalue weighted by Gasteiger charge is -2.22. The highest BCUT2D eigenvalue weighted by atomic mass is 79.9. The Morgan fingerprint density at radius 1 is 1.07 bits per heavy atom. The monoisotopic (exact) mass is 682 g/mol. The Balaban J connectivity index is 1.46. The fraction of sp³-hybridized carbons (Fsp3) is 0.129. The van der Waals surface area contributed by atoms with Crippen molar-refractivity contribution in [2.45, 2.75) is 19.9 Å². The summed E-state index contributed by atoms with van der Waals surface area (Å²) in [5.41, 5.74) is 1.87. The number of aromatic nitrogens is 1. The molecular formula is C31H21BrCl2N2O5S. The summed E-state index contributed by atoms with van der Waals surface area (Å²) in [6.07, 6.45) is 1.65. The van der Waals surface area contributed by atoms with E-state index in [9.17, 15) is 9.59 Å². The van der Waals surface area contributed by atoms with Crippen molar-refractivity contribution in [3.05, 3.63) is 124 Å². The van der Waals surface area contributed by atoms with Crippen LogP contribution in [0.25, 0.3) is 28.7 Å². The first-order chi connectivity index (χ1) is 20.2. The number of carbonyl (C=O) groups is 1. The van der Waals surface area contributed by atoms with E-state index >= 15 is 0 Å². The maximum absolute atomic E-state index is 13.9. The fourth-order valence-corrected chi connectivity index (χ4v) is 6.52. The second-order valence-corrected chi connectivity index (χ2v) is 12.1. The van der Waals surface area contributed by atoms with Crippen LogP contribution in [-0.4, -0.2) is 17.1 Å². The molecule has 1 aliphatic heterocycles. The van der Waals surface area contributed by atoms with E-state index in [0.29, 0.717) is 53.7 Å². The predicted octanol–water partition coefficient (Wildman–Crippen LogP) is 7.39. The molecule has 0 amide bonds. The van der Waals surface area contributed by atoms with Crippen LogP contribution in [0.4, 0.5) is 0 Å². The van der Waals surface area contributed by atoms with Gasteiger partial charge in [0.25, 0.3) is 5.56 Å². The first-order valence-corrected chi connectivity index (χ1v) is 15.2. The maximum atomic E-state index is 13.9. The van der Waals surface area contributed by atoms with Crippen LogP contribution in [0.2, 0.25) is 10.0 Å². The van der Waals surface area contributed by atoms with Crippen molar-refractivity contribution < 1.29 is 18.4 Å². The van der Waals surface area contributed by atoms with Crippen LogP contribution in [0, 0.1) is 0 Å². The standard InChI is InChI=1S/C31H21BrCl2N2O5S/c1-3-39-30(38)27-16(2)35-31-36(28(27)25-13-12-23(41-25)17-4-6-18(32)7-5-17)29(37)26(42-31)15-20-9-11-24(40-20)21-10-8-19(33)14-22(21)34/h4-15,28H,3H2,1-2H3/b26-15-/t28-/m1/s1. The van der Waals surface area contributed by atoms with E-state index in [4.69, 9.17) is 36.8 Å². The smallest absolute Gasteiger partial charge is 0.338 e. The minimum Gasteiger partial charge on any atom is -0.463 e. The molecule has 4 heterocycles. The van der Waals surface area contributed by atoms with Gasteiger partial charge in [0.1, 0.15) is 29.1 Å². The zero-order chi connectivity index (χ0) is 29.5. The summed E-state index contributed by atoms with van der Waals surface area (Å²) < 4.78 is 20.4. The molecule has 0 radical (unpaired) electrons. The van der Waals surface area contributed by atoms with Crippen LogP contribution in [0.15, 0.2) is 101 Å². The second kappa shape index (κ2) is 11.6. The summed E-state index contributed by atoms with van der Waals surface area (Å²) >= 11 is 17.0. The number of rotatable bonds is 6. The van der Waals surface area contributed by atoms with E-state index in [2.05, 4.69) is 20.9 Å². The Bertz CT molecular complexity index is 2050. The molecule has 1 atom stereocenters. The number of allylic oxidation sites excluding steroid dienone is 1. The predicted molar refractivity (Wildman–Crippen MR) is 166 cm³/mol. The van der Waals surface area contributed by atoms with Gasteiger partial charge in [-0.3, -0.25) is 9.36 Å². The van der Waals surface area contributed by atoms with Crippen LogP contribution < -0.4 is 14.9 Å². The minimum absolute atomic E-state index is 0.174. The number of thiazole rings is 1. The Morgan fingerprint density at radius 3 is 2.57 bits per heavy atom. The van der Waals surface area contributed by atoms with Crippen LogP contribution in [0.3, 0.4) is 0 Å². The zero-order valence-electron chi connectivity index (χ0n) is 22.2. The van der Waals surface area contributed by atoms with Gasteiger partial charge < -0.3 is 13.6 Å². The van der Waals surface area contributed by atoms with Crippen molar-refractivity contribution in [2.75, 3.05) is 6.61 Å². The number of ether oxygens (including phenoxy) is 1. The van der Waals surface area contributed by atoms with Crippen molar-refractivity contribution in [3.8, 4) is 22.6 Å². The number of benzene rings is 2. The Hall–Kier alpha value is -3.63. The Morgan fingerprint density at radius 2 is 1.83 bits per heavy atom. The van der Waals surface area contributed by atoms with E-state index in [-0.39, 0.29) is 17.7 Å². The highest BCUT2D eigenvalue weighted by molar-refractivity contribution is 9.10. The number of nitrogens with zero attached hydrogens (tertiary/aromatic N) is 2. The zero-order valence-corrected chi connectivity index (χ0v) is 26.1. The maximum Gasteiger partial charge on any atom is 0.338 e. The van der Waals surface area contributed by atoms with Crippen LogP contribution in [-0.2, 0) is 9.53 Å². The van der Waals surface area contributed by atoms with Gasteiger partial charge in [-0.2, -0.15) is 0 Å². The van der Waals surface area contributed by atoms with Gasteiger partial charge in [0.2, 0.25) is 0 Å². The first-order valence-electron chi connectivity index (χ1n) is 12.8. The lowest BCUT2D eigenvalue weighted by atomic mass is 10.0. The van der Waals surface area contributed by atoms with E-state index in [1.807, 2.05) is 30.3 Å². The van der Waals surface area contributed by atoms with Crippen molar-refractivity contribution in [3.63, 3.8) is 0 Å². The Labute approximate surface area is 262 Å². The average molecular weight is 684 g/mol. The summed E-state index contributed by atoms with van der Waals surface area (Å²) in [4.78, 5) is 32.1. The van der Waals surface area contributed by atoms with Gasteiger partial charge in [0, 0.05) is 26.7 Å². The van der Waals surface area contributed by atoms with Crippen molar-refractivity contribution >= 4 is 62.5 Å². The number of esters is 1. The molecule has 0 saturated carbocycles. The van der Waals surface area contributed by atoms with Crippen molar-refractivity contribution in [1.82, 2.24) is 4.57 Å². The summed E-state index contributed by atoms with van der Waals surface area (Å²) in [5.74, 6) is 1.44. The van der Waals surface area contributed by atoms with Crippen LogP contribution in [0.1, 0.15) is 31.4 Å². The summed E-state index contributed by atoms with van der Waals surface area (Å²) in [6, 6.07) is 19.0. The third-order valence-corrected chi connectivity index (χ3v) is 8.70. The Kier molecular flexibility index (Phi) is 7.85. The van der Waals surface area contributed by atoms with Gasteiger partial charge in [-0.1, -0.05) is 62.6 Å². The fourth-order valence-electron chi connectivity index (χ4n) is 4.72. The molecule has 7 nitrogen and oxygen atoms in total. The molecule has 11 heteroatoms. The highest BCUT2D eigenvalue weighted by Gasteiger charge is 2.35. The number of halogens is 3. The molecule has 0 saturated heterocycles. The van der Waals surface area contributed by atoms with Gasteiger partial charge in [0.15, 0.2) is 4.80 Å². The lowest BCUT2D eigenvalue weighted by Crippen LogP contribution is -2.39. The molecule has 0 fully saturated rings. The molecule has 0 N–H and O–H groups in total. The van der Waals surface area contributed by atoms with E-state index < -0.39 is 12.0 Å². The minimum atomic E-state index is -0.869. The molecule has 3 aromatic heterocycles. The molecule has 0 bridgehead atoms. The van der Waals surface area contributed by atoms with Crippen molar-refractivity contribution in [2.24, 2.45) is 4.99 Å². The molecule has 0 unspecified atom stereocenters. The molecule has 212 valence electrons. The van der Waals surface area contributed by atoms with Crippen LogP contribution >= 0.6 is 50.5 Å². The van der Waals surface area contributed by atoms with Gasteiger partial charge in [-0.15, -0.1) is 0 Å². The van der Waals surface area contributed by atoms with Gasteiger partial charge in [0.05, 0.1) is 27.4 Å². The van der Waals surface area contributed by atoms with Crippen molar-refractivity contribution in [1.29, 1.82) is 0 Å². The molecule has 42 heavy (non-hydrogen) atoms. The molecule has 0 aliphatic carbocycles. The largest absolute Gasteiger partial charge is 0.463 e. The van der Waals surface area contributed by atoms with Gasteiger partial charge in [-0.05, 0) is 68.4 Å². The molecule has 6 rings (SSSR count). The van der Waals surface area contributed by atoms with E-state index in [1.165, 1.54) is 15.9 Å². The third-order valence-electron chi connectivity index (χ3n) is 6.64. The van der Waals surface area contributed by atoms with Crippen LogP contribution in [0.5, 0.6) is 0 Å². The first kappa shape index (κ1) is 28.5. The molecule has 5 aromatic rings. The number of carbonyl (C=O) groups excluding carboxylic acids is 1. The van der Waals surface area contributed by atoms with Gasteiger partial charge >= 0.3 is 5.97 Å². The summed E-state index contributed by atoms with van der Waals surface area (Å²) in [5, 5.41) is 0.967. The van der Waals surface area contributed by atoms with Gasteiger partial charge in [-0.25, -0.2) is 9.79 Å². The molecular weight excluding hydrogens is 663 g/mol. The highest BCUT2D eigenvalue weighted by Crippen LogP contribution is 2.35. The normalized spacial score (nSPS) is 15.1. The molecule has 0 spiro atoms. The quantitative estimate of drug-likeness (QED) is 0.174. The summed E-state index contributed by atoms with van der Waals surface area (Å²) in [6.45, 7) is 3.63. The molecule has 1 aliphatic rings. The second-order valence-electron chi connectivity index (χ2n) is 9.34. The summed E-state index contributed by atoms with van der Waals surface area (Å²) in [7, 11) is 0. The number of fused-ring (bicyclic) bond motifs is 1. The van der Waals surface area contributed by atoms with E-state index in [0.717, 1.165) is 10.0 Å². The topological polar surface area (TPSA) is 86.9 Å². The lowest BCUT2D eigenvalue weighted by molar-refractivity contribution is -0.139.